The number of imidazole rings is 1. The zero-order valence-corrected chi connectivity index (χ0v) is 43.5. The summed E-state index contributed by atoms with van der Waals surface area (Å²) in [6.45, 7) is 23.7. The van der Waals surface area contributed by atoms with E-state index in [9.17, 15) is 5.11 Å². The number of aromatic nitrogens is 3. The van der Waals surface area contributed by atoms with Gasteiger partial charge in [-0.25, -0.2) is 4.98 Å². The van der Waals surface area contributed by atoms with Gasteiger partial charge in [-0.1, -0.05) is 203 Å². The van der Waals surface area contributed by atoms with Crippen molar-refractivity contribution in [2.24, 2.45) is 0 Å². The van der Waals surface area contributed by atoms with Crippen LogP contribution >= 0.6 is 0 Å². The number of hydrogen-bond donors (Lipinski definition) is 1. The Kier molecular flexibility index (Phi) is 12.8. The maximum absolute atomic E-state index is 12.6. The van der Waals surface area contributed by atoms with E-state index in [-0.39, 0.29) is 43.1 Å². The summed E-state index contributed by atoms with van der Waals surface area (Å²) in [5, 5.41) is 12.6. The van der Waals surface area contributed by atoms with Crippen molar-refractivity contribution in [1.82, 2.24) is 14.5 Å². The first-order valence-corrected chi connectivity index (χ1v) is 23.5. The predicted octanol–water partition coefficient (Wildman–Crippen LogP) is 16.9. The number of fused-ring (bicyclic) bond motifs is 1. The van der Waals surface area contributed by atoms with Crippen LogP contribution in [0.3, 0.4) is 0 Å². The van der Waals surface area contributed by atoms with E-state index in [1.807, 2.05) is 32.2 Å². The summed E-state index contributed by atoms with van der Waals surface area (Å²) < 4.78 is 11.3. The SMILES string of the molecule is [2H]C(C)(C)c1ccc(-n2c(-c3cc(C(C)(C)C)cc(C(C)(C)C)c3O)nc3c(-c4[c-]c(-c5cc(-c6ccc(-c7ccccc7)cc6)ccn5)cc(C(C)(C)C)c4)cccc32)c(-c2ccccc2)c1.[Pt]. The molecule has 346 valence electrons. The third kappa shape index (κ3) is 9.54. The van der Waals surface area contributed by atoms with Gasteiger partial charge in [-0.3, -0.25) is 9.55 Å². The number of rotatable bonds is 8. The summed E-state index contributed by atoms with van der Waals surface area (Å²) in [6, 6.07) is 59.1. The first-order chi connectivity index (χ1) is 32.1. The summed E-state index contributed by atoms with van der Waals surface area (Å²) >= 11 is 0. The second-order valence-corrected chi connectivity index (χ2v) is 21.3. The van der Waals surface area contributed by atoms with E-state index < -0.39 is 5.89 Å². The fourth-order valence-corrected chi connectivity index (χ4v) is 8.97. The fourth-order valence-electron chi connectivity index (χ4n) is 8.97. The van der Waals surface area contributed by atoms with Gasteiger partial charge in [0.25, 0.3) is 0 Å². The topological polar surface area (TPSA) is 50.9 Å². The fraction of sp³-hybridized carbons (Fsp3) is 0.238. The van der Waals surface area contributed by atoms with Gasteiger partial charge >= 0.3 is 0 Å². The van der Waals surface area contributed by atoms with Crippen molar-refractivity contribution >= 4 is 11.0 Å². The average Bonchev–Trinajstić information content (AvgIpc) is 3.70. The van der Waals surface area contributed by atoms with Crippen LogP contribution in [0, 0.1) is 6.07 Å². The molecule has 0 bridgehead atoms. The number of para-hydroxylation sites is 1. The molecule has 0 aliphatic heterocycles. The second-order valence-electron chi connectivity index (χ2n) is 21.3. The van der Waals surface area contributed by atoms with Crippen molar-refractivity contribution in [3.8, 4) is 78.6 Å². The van der Waals surface area contributed by atoms with Gasteiger partial charge in [-0.05, 0) is 91.4 Å². The zero-order chi connectivity index (χ0) is 48.3. The van der Waals surface area contributed by atoms with Crippen LogP contribution in [0.4, 0.5) is 0 Å². The number of hydrogen-bond acceptors (Lipinski definition) is 3. The van der Waals surface area contributed by atoms with E-state index in [0.717, 1.165) is 83.6 Å². The van der Waals surface area contributed by atoms with Gasteiger partial charge in [-0.2, -0.15) is 0 Å². The van der Waals surface area contributed by atoms with E-state index in [2.05, 4.69) is 219 Å². The summed E-state index contributed by atoms with van der Waals surface area (Å²) in [5.41, 5.74) is 16.7. The molecule has 2 heterocycles. The molecular weight excluding hydrogens is 1010 g/mol. The molecule has 7 aromatic carbocycles. The molecule has 68 heavy (non-hydrogen) atoms. The first kappa shape index (κ1) is 46.7. The molecule has 0 fully saturated rings. The Morgan fingerprint density at radius 1 is 0.544 bits per heavy atom. The Balaban J connectivity index is 0.00000642. The number of benzene rings is 7. The minimum Gasteiger partial charge on any atom is -0.507 e. The van der Waals surface area contributed by atoms with Crippen LogP contribution in [0.15, 0.2) is 164 Å². The summed E-state index contributed by atoms with van der Waals surface area (Å²) in [6.07, 6.45) is 1.89. The Hall–Kier alpha value is -6.35. The molecule has 0 aliphatic rings. The monoisotopic (exact) mass is 1070 g/mol. The van der Waals surface area contributed by atoms with E-state index >= 15 is 0 Å². The molecule has 1 N–H and O–H groups in total. The second kappa shape index (κ2) is 18.6. The van der Waals surface area contributed by atoms with Crippen LogP contribution in [0.1, 0.15) is 106 Å². The number of phenols is 1. The van der Waals surface area contributed by atoms with Crippen molar-refractivity contribution in [3.05, 3.63) is 192 Å². The van der Waals surface area contributed by atoms with E-state index in [1.165, 1.54) is 11.1 Å². The third-order valence-electron chi connectivity index (χ3n) is 13.0. The maximum Gasteiger partial charge on any atom is 0.148 e. The Bertz CT molecular complexity index is 3310. The number of pyridine rings is 1. The molecule has 0 aliphatic carbocycles. The van der Waals surface area contributed by atoms with Gasteiger partial charge in [-0.15, -0.1) is 29.3 Å². The van der Waals surface area contributed by atoms with Gasteiger partial charge in [0.2, 0.25) is 0 Å². The summed E-state index contributed by atoms with van der Waals surface area (Å²) in [7, 11) is 0. The molecule has 9 rings (SSSR count). The molecule has 2 aromatic heterocycles. The summed E-state index contributed by atoms with van der Waals surface area (Å²) in [4.78, 5) is 10.6. The maximum atomic E-state index is 12.6. The van der Waals surface area contributed by atoms with E-state index in [0.29, 0.717) is 11.4 Å². The predicted molar refractivity (Wildman–Crippen MR) is 282 cm³/mol. The average molecular weight is 1070 g/mol. The molecule has 4 nitrogen and oxygen atoms in total. The zero-order valence-electron chi connectivity index (χ0n) is 42.2. The Labute approximate surface area is 419 Å². The Morgan fingerprint density at radius 2 is 1.13 bits per heavy atom. The van der Waals surface area contributed by atoms with Crippen LogP contribution in [-0.4, -0.2) is 19.6 Å². The minimum atomic E-state index is -0.830. The molecule has 0 spiro atoms. The van der Waals surface area contributed by atoms with Crippen LogP contribution in [0.5, 0.6) is 5.75 Å². The van der Waals surface area contributed by atoms with Gasteiger partial charge in [0.05, 0.1) is 22.3 Å². The van der Waals surface area contributed by atoms with Crippen molar-refractivity contribution < 1.29 is 27.5 Å². The quantitative estimate of drug-likeness (QED) is 0.154. The molecule has 0 atom stereocenters. The van der Waals surface area contributed by atoms with Gasteiger partial charge < -0.3 is 5.11 Å². The first-order valence-electron chi connectivity index (χ1n) is 24.0. The Morgan fingerprint density at radius 3 is 1.75 bits per heavy atom. The normalized spacial score (nSPS) is 12.5. The standard InChI is InChI=1S/C63H62N3O.Pt/c1-40(2)45-29-30-56(52(36-45)44-21-16-13-17-22-44)66-57-24-18-23-51(58(57)65-60(66)53-38-50(62(6,7)8)39-54(59(53)67)63(9,10)11)47-33-48(35-49(34-47)61(3,4)5)55-37-46(31-32-64-55)43-27-25-42(26-28-43)41-19-14-12-15-20-41;/h12-32,34-40,67H,1-11H3;/q-1;/i40D;. The molecule has 0 radical (unpaired) electrons. The number of aromatic hydroxyl groups is 1. The van der Waals surface area contributed by atoms with Crippen LogP contribution in [-0.2, 0) is 37.3 Å². The van der Waals surface area contributed by atoms with Crippen molar-refractivity contribution in [2.75, 3.05) is 0 Å². The van der Waals surface area contributed by atoms with Gasteiger partial charge in [0.15, 0.2) is 0 Å². The molecule has 0 saturated heterocycles. The molecule has 5 heteroatoms. The van der Waals surface area contributed by atoms with Crippen LogP contribution < -0.4 is 0 Å². The number of phenolic OH excluding ortho intramolecular Hbond substituents is 1. The molecular formula is C63H62N3OPt-. The molecule has 0 saturated carbocycles. The minimum absolute atomic E-state index is 0. The smallest absolute Gasteiger partial charge is 0.148 e. The van der Waals surface area contributed by atoms with Crippen molar-refractivity contribution in [1.29, 1.82) is 0 Å². The van der Waals surface area contributed by atoms with Crippen molar-refractivity contribution in [2.45, 2.75) is 98.3 Å². The largest absolute Gasteiger partial charge is 0.507 e. The van der Waals surface area contributed by atoms with Crippen molar-refractivity contribution in [3.63, 3.8) is 0 Å². The van der Waals surface area contributed by atoms with E-state index in [1.54, 1.807) is 0 Å². The van der Waals surface area contributed by atoms with Crippen LogP contribution in [0.25, 0.3) is 83.9 Å². The molecule has 0 unspecified atom stereocenters. The number of nitrogens with zero attached hydrogens (tertiary/aromatic N) is 3. The van der Waals surface area contributed by atoms with E-state index in [4.69, 9.17) is 11.3 Å². The molecule has 9 aromatic rings. The van der Waals surface area contributed by atoms with Crippen LogP contribution in [0.2, 0.25) is 0 Å². The third-order valence-corrected chi connectivity index (χ3v) is 13.0. The van der Waals surface area contributed by atoms with Gasteiger partial charge in [0.1, 0.15) is 11.6 Å². The summed E-state index contributed by atoms with van der Waals surface area (Å²) in [5.74, 6) is 0.0256. The molecule has 0 amide bonds. The van der Waals surface area contributed by atoms with Gasteiger partial charge in [0, 0.05) is 45.5 Å².